The van der Waals surface area contributed by atoms with E-state index in [1.165, 1.54) is 19.3 Å². The van der Waals surface area contributed by atoms with Crippen LogP contribution >= 0.6 is 0 Å². The predicted octanol–water partition coefficient (Wildman–Crippen LogP) is 1.26. The van der Waals surface area contributed by atoms with Gasteiger partial charge >= 0.3 is 0 Å². The van der Waals surface area contributed by atoms with E-state index in [0.29, 0.717) is 12.0 Å². The maximum Gasteiger partial charge on any atom is 0.0702 e. The molecule has 15 heavy (non-hydrogen) atoms. The molecule has 0 aromatic carbocycles. The maximum atomic E-state index is 9.52. The number of likely N-dealkylation sites (tertiary alicyclic amines) is 1. The highest BCUT2D eigenvalue weighted by atomic mass is 16.5. The van der Waals surface area contributed by atoms with Crippen molar-refractivity contribution in [3.05, 3.63) is 0 Å². The topological polar surface area (TPSA) is 32.7 Å². The molecule has 2 rings (SSSR count). The molecular formula is C12H23NO2. The molecule has 2 heterocycles. The van der Waals surface area contributed by atoms with Gasteiger partial charge in [-0.05, 0) is 45.1 Å². The van der Waals surface area contributed by atoms with Crippen molar-refractivity contribution in [3.8, 4) is 0 Å². The first-order chi connectivity index (χ1) is 7.25. The fourth-order valence-corrected chi connectivity index (χ4v) is 2.66. The van der Waals surface area contributed by atoms with Gasteiger partial charge in [-0.25, -0.2) is 0 Å². The molecule has 88 valence electrons. The maximum absolute atomic E-state index is 9.52. The summed E-state index contributed by atoms with van der Waals surface area (Å²) in [7, 11) is 0. The minimum Gasteiger partial charge on any atom is -0.393 e. The van der Waals surface area contributed by atoms with E-state index in [4.69, 9.17) is 4.74 Å². The molecule has 2 aliphatic rings. The first-order valence-electron chi connectivity index (χ1n) is 6.27. The van der Waals surface area contributed by atoms with Crippen LogP contribution in [0.5, 0.6) is 0 Å². The Morgan fingerprint density at radius 2 is 2.27 bits per heavy atom. The summed E-state index contributed by atoms with van der Waals surface area (Å²) in [4.78, 5) is 2.45. The summed E-state index contributed by atoms with van der Waals surface area (Å²) in [6.07, 6.45) is 5.21. The number of aliphatic hydroxyl groups is 1. The van der Waals surface area contributed by atoms with Crippen molar-refractivity contribution < 1.29 is 9.84 Å². The van der Waals surface area contributed by atoms with Crippen LogP contribution in [0.15, 0.2) is 0 Å². The van der Waals surface area contributed by atoms with Gasteiger partial charge in [0.15, 0.2) is 0 Å². The number of ether oxygens (including phenoxy) is 1. The molecule has 0 aromatic rings. The molecule has 3 heteroatoms. The van der Waals surface area contributed by atoms with Crippen LogP contribution in [-0.2, 0) is 4.74 Å². The quantitative estimate of drug-likeness (QED) is 0.766. The molecule has 3 unspecified atom stereocenters. The first kappa shape index (κ1) is 11.4. The van der Waals surface area contributed by atoms with E-state index >= 15 is 0 Å². The van der Waals surface area contributed by atoms with Gasteiger partial charge in [-0.1, -0.05) is 0 Å². The SMILES string of the molecule is CC(O)C1CCN(CC2CCCCO2)C1. The molecular weight excluding hydrogens is 190 g/mol. The highest BCUT2D eigenvalue weighted by Gasteiger charge is 2.28. The van der Waals surface area contributed by atoms with Crippen molar-refractivity contribution in [1.82, 2.24) is 4.90 Å². The zero-order chi connectivity index (χ0) is 10.7. The van der Waals surface area contributed by atoms with Crippen LogP contribution < -0.4 is 0 Å². The van der Waals surface area contributed by atoms with Gasteiger partial charge < -0.3 is 14.7 Å². The molecule has 3 atom stereocenters. The molecule has 3 nitrogen and oxygen atoms in total. The lowest BCUT2D eigenvalue weighted by molar-refractivity contribution is -0.00346. The van der Waals surface area contributed by atoms with Crippen LogP contribution in [0.3, 0.4) is 0 Å². The van der Waals surface area contributed by atoms with Crippen molar-refractivity contribution in [3.63, 3.8) is 0 Å². The zero-order valence-electron chi connectivity index (χ0n) is 9.69. The van der Waals surface area contributed by atoms with Crippen molar-refractivity contribution >= 4 is 0 Å². The monoisotopic (exact) mass is 213 g/mol. The second kappa shape index (κ2) is 5.28. The van der Waals surface area contributed by atoms with Crippen LogP contribution in [0.1, 0.15) is 32.6 Å². The summed E-state index contributed by atoms with van der Waals surface area (Å²) >= 11 is 0. The van der Waals surface area contributed by atoms with E-state index in [0.717, 1.165) is 32.7 Å². The van der Waals surface area contributed by atoms with Gasteiger partial charge in [0.25, 0.3) is 0 Å². The van der Waals surface area contributed by atoms with Gasteiger partial charge in [-0.15, -0.1) is 0 Å². The van der Waals surface area contributed by atoms with E-state index in [2.05, 4.69) is 4.90 Å². The van der Waals surface area contributed by atoms with Gasteiger partial charge in [-0.2, -0.15) is 0 Å². The van der Waals surface area contributed by atoms with E-state index in [1.807, 2.05) is 6.92 Å². The van der Waals surface area contributed by atoms with Gasteiger partial charge in [0.05, 0.1) is 12.2 Å². The summed E-state index contributed by atoms with van der Waals surface area (Å²) in [5.74, 6) is 0.480. The van der Waals surface area contributed by atoms with E-state index in [-0.39, 0.29) is 6.10 Å². The van der Waals surface area contributed by atoms with Crippen molar-refractivity contribution in [2.75, 3.05) is 26.2 Å². The molecule has 0 radical (unpaired) electrons. The van der Waals surface area contributed by atoms with Gasteiger partial charge in [0.2, 0.25) is 0 Å². The molecule has 2 fully saturated rings. The number of aliphatic hydroxyl groups excluding tert-OH is 1. The Morgan fingerprint density at radius 1 is 1.40 bits per heavy atom. The minimum absolute atomic E-state index is 0.151. The third-order valence-electron chi connectivity index (χ3n) is 3.73. The third kappa shape index (κ3) is 3.16. The molecule has 0 aromatic heterocycles. The standard InChI is InChI=1S/C12H23NO2/c1-10(14)11-5-6-13(8-11)9-12-4-2-3-7-15-12/h10-12,14H,2-9H2,1H3. The summed E-state index contributed by atoms with van der Waals surface area (Å²) in [5, 5.41) is 9.52. The van der Waals surface area contributed by atoms with Crippen LogP contribution in [0.2, 0.25) is 0 Å². The summed E-state index contributed by atoms with van der Waals surface area (Å²) < 4.78 is 5.73. The molecule has 0 spiro atoms. The highest BCUT2D eigenvalue weighted by Crippen LogP contribution is 2.22. The molecule has 1 N–H and O–H groups in total. The number of hydrogen-bond donors (Lipinski definition) is 1. The fourth-order valence-electron chi connectivity index (χ4n) is 2.66. The smallest absolute Gasteiger partial charge is 0.0702 e. The lowest BCUT2D eigenvalue weighted by atomic mass is 10.0. The van der Waals surface area contributed by atoms with Crippen LogP contribution in [0.25, 0.3) is 0 Å². The normalized spacial score (nSPS) is 35.6. The molecule has 2 saturated heterocycles. The number of hydrogen-bond acceptors (Lipinski definition) is 3. The lowest BCUT2D eigenvalue weighted by Gasteiger charge is -2.27. The third-order valence-corrected chi connectivity index (χ3v) is 3.73. The van der Waals surface area contributed by atoms with Gasteiger partial charge in [0.1, 0.15) is 0 Å². The molecule has 0 amide bonds. The summed E-state index contributed by atoms with van der Waals surface area (Å²) in [6.45, 7) is 6.11. The van der Waals surface area contributed by atoms with Crippen LogP contribution in [0.4, 0.5) is 0 Å². The van der Waals surface area contributed by atoms with E-state index < -0.39 is 0 Å². The van der Waals surface area contributed by atoms with Crippen molar-refractivity contribution in [2.45, 2.75) is 44.8 Å². The number of rotatable bonds is 3. The molecule has 2 aliphatic heterocycles. The average molecular weight is 213 g/mol. The largest absolute Gasteiger partial charge is 0.393 e. The Labute approximate surface area is 92.4 Å². The Bertz CT molecular complexity index is 190. The van der Waals surface area contributed by atoms with E-state index in [1.54, 1.807) is 0 Å². The fraction of sp³-hybridized carbons (Fsp3) is 1.00. The number of nitrogens with zero attached hydrogens (tertiary/aromatic N) is 1. The second-order valence-corrected chi connectivity index (χ2v) is 5.04. The van der Waals surface area contributed by atoms with E-state index in [9.17, 15) is 5.11 Å². The van der Waals surface area contributed by atoms with Gasteiger partial charge in [0, 0.05) is 19.7 Å². The van der Waals surface area contributed by atoms with Crippen molar-refractivity contribution in [1.29, 1.82) is 0 Å². The Morgan fingerprint density at radius 3 is 2.87 bits per heavy atom. The molecule has 0 bridgehead atoms. The Balaban J connectivity index is 1.71. The van der Waals surface area contributed by atoms with Crippen LogP contribution in [-0.4, -0.2) is 48.5 Å². The van der Waals surface area contributed by atoms with Gasteiger partial charge in [-0.3, -0.25) is 0 Å². The predicted molar refractivity (Wildman–Crippen MR) is 59.8 cm³/mol. The minimum atomic E-state index is -0.151. The van der Waals surface area contributed by atoms with Crippen molar-refractivity contribution in [2.24, 2.45) is 5.92 Å². The summed E-state index contributed by atoms with van der Waals surface area (Å²) in [6, 6.07) is 0. The zero-order valence-corrected chi connectivity index (χ0v) is 9.69. The van der Waals surface area contributed by atoms with Crippen LogP contribution in [0, 0.1) is 5.92 Å². The Kier molecular flexibility index (Phi) is 4.00. The Hall–Kier alpha value is -0.120. The molecule has 0 aliphatic carbocycles. The average Bonchev–Trinajstić information content (AvgIpc) is 2.68. The first-order valence-corrected chi connectivity index (χ1v) is 6.27. The second-order valence-electron chi connectivity index (χ2n) is 5.04. The highest BCUT2D eigenvalue weighted by molar-refractivity contribution is 4.81. The summed E-state index contributed by atoms with van der Waals surface area (Å²) in [5.41, 5.74) is 0. The molecule has 0 saturated carbocycles. The lowest BCUT2D eigenvalue weighted by Crippen LogP contribution is -2.35.